The van der Waals surface area contributed by atoms with Crippen molar-refractivity contribution in [3.05, 3.63) is 50.9 Å². The third kappa shape index (κ3) is 3.96. The Hall–Kier alpha value is -2.19. The first-order valence-corrected chi connectivity index (χ1v) is 9.88. The normalized spacial score (nSPS) is 12.1. The predicted molar refractivity (Wildman–Crippen MR) is 106 cm³/mol. The van der Waals surface area contributed by atoms with Crippen LogP contribution in [0.3, 0.4) is 0 Å². The Morgan fingerprint density at radius 1 is 1.27 bits per heavy atom. The van der Waals surface area contributed by atoms with Crippen molar-refractivity contribution in [1.82, 2.24) is 20.2 Å². The Morgan fingerprint density at radius 2 is 2.04 bits per heavy atom. The fraction of sp³-hybridized carbons (Fsp3) is 0.278. The van der Waals surface area contributed by atoms with E-state index >= 15 is 0 Å². The summed E-state index contributed by atoms with van der Waals surface area (Å²) >= 11 is 4.65. The van der Waals surface area contributed by atoms with Crippen molar-refractivity contribution in [1.29, 1.82) is 0 Å². The summed E-state index contributed by atoms with van der Waals surface area (Å²) in [5.41, 5.74) is 1.95. The minimum atomic E-state index is -0.636. The molecule has 0 saturated heterocycles. The van der Waals surface area contributed by atoms with Crippen molar-refractivity contribution < 1.29 is 9.59 Å². The number of nitrogens with zero attached hydrogens (tertiary/aromatic N) is 2. The van der Waals surface area contributed by atoms with Crippen LogP contribution in [0.5, 0.6) is 0 Å². The van der Waals surface area contributed by atoms with E-state index in [1.54, 1.807) is 19.1 Å². The van der Waals surface area contributed by atoms with E-state index in [1.165, 1.54) is 11.3 Å². The fourth-order valence-electron chi connectivity index (χ4n) is 2.70. The standard InChI is InChI=1S/C18H19BrN4O2S/c1-3-23-13-7-5-4-6-12(13)22-16(23)10-20-17(24)11(2)21-18(25)14-8-9-15(19)26-14/h4-9,11H,3,10H2,1-2H3,(H,20,24)(H,21,25)/t11-/m1/s1. The molecule has 136 valence electrons. The lowest BCUT2D eigenvalue weighted by molar-refractivity contribution is -0.122. The van der Waals surface area contributed by atoms with Crippen molar-refractivity contribution in [2.75, 3.05) is 0 Å². The van der Waals surface area contributed by atoms with Crippen LogP contribution >= 0.6 is 27.3 Å². The molecule has 26 heavy (non-hydrogen) atoms. The van der Waals surface area contributed by atoms with Gasteiger partial charge in [-0.1, -0.05) is 12.1 Å². The van der Waals surface area contributed by atoms with E-state index in [0.717, 1.165) is 27.2 Å². The van der Waals surface area contributed by atoms with Gasteiger partial charge in [0.1, 0.15) is 11.9 Å². The number of halogens is 1. The molecule has 0 radical (unpaired) electrons. The van der Waals surface area contributed by atoms with Gasteiger partial charge in [-0.3, -0.25) is 9.59 Å². The summed E-state index contributed by atoms with van der Waals surface area (Å²) in [5, 5.41) is 5.57. The number of hydrogen-bond acceptors (Lipinski definition) is 4. The molecule has 1 atom stereocenters. The highest BCUT2D eigenvalue weighted by molar-refractivity contribution is 9.11. The molecule has 0 bridgehead atoms. The monoisotopic (exact) mass is 434 g/mol. The molecular weight excluding hydrogens is 416 g/mol. The van der Waals surface area contributed by atoms with Crippen molar-refractivity contribution in [3.63, 3.8) is 0 Å². The maximum Gasteiger partial charge on any atom is 0.262 e. The highest BCUT2D eigenvalue weighted by Crippen LogP contribution is 2.22. The van der Waals surface area contributed by atoms with E-state index in [2.05, 4.69) is 36.1 Å². The van der Waals surface area contributed by atoms with Crippen LogP contribution in [0, 0.1) is 0 Å². The van der Waals surface area contributed by atoms with E-state index in [1.807, 2.05) is 31.2 Å². The maximum atomic E-state index is 12.3. The molecule has 1 aromatic carbocycles. The van der Waals surface area contributed by atoms with Gasteiger partial charge in [0.15, 0.2) is 0 Å². The molecule has 0 fully saturated rings. The lowest BCUT2D eigenvalue weighted by atomic mass is 10.3. The molecule has 2 N–H and O–H groups in total. The molecule has 0 saturated carbocycles. The van der Waals surface area contributed by atoms with E-state index in [4.69, 9.17) is 0 Å². The first-order chi connectivity index (χ1) is 12.5. The number of carbonyl (C=O) groups excluding carboxylic acids is 2. The molecule has 2 heterocycles. The van der Waals surface area contributed by atoms with Gasteiger partial charge in [0.25, 0.3) is 5.91 Å². The third-order valence-electron chi connectivity index (χ3n) is 4.01. The van der Waals surface area contributed by atoms with Gasteiger partial charge in [0, 0.05) is 6.54 Å². The van der Waals surface area contributed by atoms with Crippen LogP contribution in [0.2, 0.25) is 0 Å². The van der Waals surface area contributed by atoms with Crippen LogP contribution in [0.25, 0.3) is 11.0 Å². The molecule has 0 aliphatic rings. The van der Waals surface area contributed by atoms with E-state index < -0.39 is 6.04 Å². The summed E-state index contributed by atoms with van der Waals surface area (Å²) in [5.74, 6) is 0.288. The average Bonchev–Trinajstić information content (AvgIpc) is 3.22. The number of fused-ring (bicyclic) bond motifs is 1. The van der Waals surface area contributed by atoms with Gasteiger partial charge in [-0.2, -0.15) is 0 Å². The minimum absolute atomic E-state index is 0.247. The summed E-state index contributed by atoms with van der Waals surface area (Å²) in [6, 6.07) is 10.8. The molecule has 0 spiro atoms. The number of aryl methyl sites for hydroxylation is 1. The van der Waals surface area contributed by atoms with E-state index in [-0.39, 0.29) is 11.8 Å². The molecule has 0 unspecified atom stereocenters. The van der Waals surface area contributed by atoms with Gasteiger partial charge < -0.3 is 15.2 Å². The highest BCUT2D eigenvalue weighted by Gasteiger charge is 2.18. The van der Waals surface area contributed by atoms with Crippen LogP contribution in [-0.2, 0) is 17.9 Å². The number of nitrogens with one attached hydrogen (secondary N) is 2. The predicted octanol–water partition coefficient (Wildman–Crippen LogP) is 3.31. The summed E-state index contributed by atoms with van der Waals surface area (Å²) in [6.45, 7) is 4.79. The topological polar surface area (TPSA) is 76.0 Å². The van der Waals surface area contributed by atoms with Crippen molar-refractivity contribution >= 4 is 50.1 Å². The molecular formula is C18H19BrN4O2S. The summed E-state index contributed by atoms with van der Waals surface area (Å²) in [6.07, 6.45) is 0. The Bertz CT molecular complexity index is 950. The van der Waals surface area contributed by atoms with Gasteiger partial charge >= 0.3 is 0 Å². The van der Waals surface area contributed by atoms with Gasteiger partial charge in [0.05, 0.1) is 26.2 Å². The molecule has 6 nitrogen and oxygen atoms in total. The SMILES string of the molecule is CCn1c(CNC(=O)[C@@H](C)NC(=O)c2ccc(Br)s2)nc2ccccc21. The third-order valence-corrected chi connectivity index (χ3v) is 5.63. The number of hydrogen-bond donors (Lipinski definition) is 2. The number of para-hydroxylation sites is 2. The van der Waals surface area contributed by atoms with Gasteiger partial charge in [-0.05, 0) is 54.0 Å². The lowest BCUT2D eigenvalue weighted by Gasteiger charge is -2.14. The molecule has 3 rings (SSSR count). The number of aromatic nitrogens is 2. The van der Waals surface area contributed by atoms with Gasteiger partial charge in [-0.25, -0.2) is 4.98 Å². The smallest absolute Gasteiger partial charge is 0.262 e. The van der Waals surface area contributed by atoms with Crippen LogP contribution in [0.1, 0.15) is 29.3 Å². The molecule has 0 aliphatic carbocycles. The van der Waals surface area contributed by atoms with Crippen molar-refractivity contribution in [3.8, 4) is 0 Å². The second kappa shape index (κ2) is 8.01. The first-order valence-electron chi connectivity index (χ1n) is 8.27. The van der Waals surface area contributed by atoms with Crippen molar-refractivity contribution in [2.45, 2.75) is 33.0 Å². The fourth-order valence-corrected chi connectivity index (χ4v) is 3.99. The van der Waals surface area contributed by atoms with Crippen LogP contribution in [0.15, 0.2) is 40.2 Å². The number of amides is 2. The zero-order valence-corrected chi connectivity index (χ0v) is 16.9. The van der Waals surface area contributed by atoms with Gasteiger partial charge in [-0.15, -0.1) is 11.3 Å². The molecule has 2 amide bonds. The summed E-state index contributed by atoms with van der Waals surface area (Å²) < 4.78 is 2.94. The van der Waals surface area contributed by atoms with E-state index in [0.29, 0.717) is 11.4 Å². The molecule has 3 aromatic rings. The summed E-state index contributed by atoms with van der Waals surface area (Å²) in [4.78, 5) is 29.6. The molecule has 0 aliphatic heterocycles. The maximum absolute atomic E-state index is 12.3. The van der Waals surface area contributed by atoms with Crippen LogP contribution in [-0.4, -0.2) is 27.4 Å². The Kier molecular flexibility index (Phi) is 5.73. The number of rotatable bonds is 6. The molecule has 2 aromatic heterocycles. The summed E-state index contributed by atoms with van der Waals surface area (Å²) in [7, 11) is 0. The number of imidazole rings is 1. The lowest BCUT2D eigenvalue weighted by Crippen LogP contribution is -2.44. The zero-order valence-electron chi connectivity index (χ0n) is 14.5. The van der Waals surface area contributed by atoms with Crippen LogP contribution in [0.4, 0.5) is 0 Å². The van der Waals surface area contributed by atoms with Crippen molar-refractivity contribution in [2.24, 2.45) is 0 Å². The Balaban J connectivity index is 1.62. The first kappa shape index (κ1) is 18.6. The number of benzene rings is 1. The average molecular weight is 435 g/mol. The van der Waals surface area contributed by atoms with Gasteiger partial charge in [0.2, 0.25) is 5.91 Å². The Labute approximate surface area is 163 Å². The number of thiophene rings is 1. The van der Waals surface area contributed by atoms with Crippen LogP contribution < -0.4 is 10.6 Å². The second-order valence-corrected chi connectivity index (χ2v) is 8.24. The highest BCUT2D eigenvalue weighted by atomic mass is 79.9. The Morgan fingerprint density at radius 3 is 2.73 bits per heavy atom. The largest absolute Gasteiger partial charge is 0.347 e. The second-order valence-electron chi connectivity index (χ2n) is 5.78. The quantitative estimate of drug-likeness (QED) is 0.624. The number of carbonyl (C=O) groups is 2. The van der Waals surface area contributed by atoms with E-state index in [9.17, 15) is 9.59 Å². The molecule has 8 heteroatoms. The minimum Gasteiger partial charge on any atom is -0.347 e. The zero-order chi connectivity index (χ0) is 18.7.